The number of nitrogens with zero attached hydrogens (tertiary/aromatic N) is 4. The molecule has 7 nitrogen and oxygen atoms in total. The van der Waals surface area contributed by atoms with Crippen molar-refractivity contribution in [2.45, 2.75) is 0 Å². The minimum Gasteiger partial charge on any atom is -0.397 e. The van der Waals surface area contributed by atoms with E-state index in [-0.39, 0.29) is 0 Å². The highest BCUT2D eigenvalue weighted by Crippen LogP contribution is 2.33. The fraction of sp³-hybridized carbons (Fsp3) is 0. The summed E-state index contributed by atoms with van der Waals surface area (Å²) in [5.41, 5.74) is 12.8. The molecular formula is C22H15N7S. The molecule has 0 amide bonds. The SMILES string of the molecule is Nc1cncc(-c2ccc3[nH]nc(-c4nc5nccc(-c6cccs6)c5[nH]4)c3c2)c1. The molecule has 5 aromatic heterocycles. The number of aromatic amines is 2. The number of fused-ring (bicyclic) bond motifs is 2. The largest absolute Gasteiger partial charge is 0.397 e. The van der Waals surface area contributed by atoms with Gasteiger partial charge < -0.3 is 10.7 Å². The normalized spacial score (nSPS) is 11.5. The van der Waals surface area contributed by atoms with E-state index < -0.39 is 0 Å². The second-order valence-corrected chi connectivity index (χ2v) is 7.91. The van der Waals surface area contributed by atoms with Gasteiger partial charge in [0.2, 0.25) is 0 Å². The van der Waals surface area contributed by atoms with Crippen LogP contribution in [-0.2, 0) is 0 Å². The lowest BCUT2D eigenvalue weighted by Gasteiger charge is -2.03. The molecule has 0 unspecified atom stereocenters. The van der Waals surface area contributed by atoms with Crippen LogP contribution in [0.15, 0.2) is 66.4 Å². The van der Waals surface area contributed by atoms with Crippen molar-refractivity contribution in [3.8, 4) is 33.1 Å². The van der Waals surface area contributed by atoms with Crippen molar-refractivity contribution >= 4 is 39.1 Å². The summed E-state index contributed by atoms with van der Waals surface area (Å²) in [6, 6.07) is 14.1. The lowest BCUT2D eigenvalue weighted by Crippen LogP contribution is -1.88. The number of benzene rings is 1. The van der Waals surface area contributed by atoms with Crippen molar-refractivity contribution in [1.29, 1.82) is 0 Å². The van der Waals surface area contributed by atoms with E-state index in [1.54, 1.807) is 29.9 Å². The van der Waals surface area contributed by atoms with Gasteiger partial charge in [0.25, 0.3) is 0 Å². The number of thiophene rings is 1. The van der Waals surface area contributed by atoms with Gasteiger partial charge in [0.1, 0.15) is 5.69 Å². The number of H-pyrrole nitrogens is 2. The van der Waals surface area contributed by atoms with E-state index in [9.17, 15) is 0 Å². The minimum atomic E-state index is 0.629. The Balaban J connectivity index is 1.52. The van der Waals surface area contributed by atoms with Crippen LogP contribution in [-0.4, -0.2) is 30.1 Å². The highest BCUT2D eigenvalue weighted by atomic mass is 32.1. The van der Waals surface area contributed by atoms with Gasteiger partial charge in [0, 0.05) is 40.0 Å². The molecule has 0 saturated carbocycles. The zero-order chi connectivity index (χ0) is 20.1. The molecule has 6 rings (SSSR count). The molecule has 0 spiro atoms. The van der Waals surface area contributed by atoms with Crippen LogP contribution in [0.3, 0.4) is 0 Å². The Hall–Kier alpha value is -4.04. The van der Waals surface area contributed by atoms with Crippen LogP contribution in [0.5, 0.6) is 0 Å². The number of pyridine rings is 2. The van der Waals surface area contributed by atoms with Gasteiger partial charge in [-0.1, -0.05) is 12.1 Å². The number of nitrogens with two attached hydrogens (primary N) is 1. The van der Waals surface area contributed by atoms with Crippen molar-refractivity contribution in [3.05, 3.63) is 66.4 Å². The van der Waals surface area contributed by atoms with Gasteiger partial charge in [-0.2, -0.15) is 5.10 Å². The topological polar surface area (TPSA) is 109 Å². The second-order valence-electron chi connectivity index (χ2n) is 6.96. The lowest BCUT2D eigenvalue weighted by atomic mass is 10.0. The maximum atomic E-state index is 5.90. The zero-order valence-corrected chi connectivity index (χ0v) is 16.4. The third-order valence-corrected chi connectivity index (χ3v) is 5.96. The molecule has 144 valence electrons. The van der Waals surface area contributed by atoms with Crippen molar-refractivity contribution in [2.24, 2.45) is 0 Å². The van der Waals surface area contributed by atoms with Gasteiger partial charge >= 0.3 is 0 Å². The smallest absolute Gasteiger partial charge is 0.178 e. The third kappa shape index (κ3) is 2.66. The Kier molecular flexibility index (Phi) is 3.65. The van der Waals surface area contributed by atoms with E-state index in [0.717, 1.165) is 38.8 Å². The summed E-state index contributed by atoms with van der Waals surface area (Å²) in [5.74, 6) is 0.676. The number of nitrogen functional groups attached to an aromatic ring is 1. The van der Waals surface area contributed by atoms with Crippen LogP contribution in [0, 0.1) is 0 Å². The number of rotatable bonds is 3. The van der Waals surface area contributed by atoms with E-state index in [2.05, 4.69) is 42.7 Å². The Morgan fingerprint density at radius 2 is 1.97 bits per heavy atom. The number of anilines is 1. The van der Waals surface area contributed by atoms with Gasteiger partial charge in [-0.3, -0.25) is 10.1 Å². The average Bonchev–Trinajstić information content (AvgIpc) is 3.51. The molecule has 6 aromatic rings. The molecule has 0 radical (unpaired) electrons. The molecule has 0 saturated heterocycles. The van der Waals surface area contributed by atoms with Gasteiger partial charge in [0.15, 0.2) is 11.5 Å². The molecule has 0 aliphatic rings. The van der Waals surface area contributed by atoms with Crippen LogP contribution in [0.25, 0.3) is 55.2 Å². The first-order valence-corrected chi connectivity index (χ1v) is 10.2. The molecule has 0 bridgehead atoms. The van der Waals surface area contributed by atoms with E-state index in [0.29, 0.717) is 17.2 Å². The number of aromatic nitrogens is 6. The summed E-state index contributed by atoms with van der Waals surface area (Å²) in [6.07, 6.45) is 5.23. The predicted octanol–water partition coefficient (Wildman–Crippen LogP) is 4.87. The quantitative estimate of drug-likeness (QED) is 0.386. The van der Waals surface area contributed by atoms with Crippen molar-refractivity contribution < 1.29 is 0 Å². The number of nitrogens with one attached hydrogen (secondary N) is 2. The molecule has 8 heteroatoms. The predicted molar refractivity (Wildman–Crippen MR) is 120 cm³/mol. The van der Waals surface area contributed by atoms with E-state index in [1.165, 1.54) is 4.88 Å². The number of hydrogen-bond acceptors (Lipinski definition) is 6. The molecule has 0 aliphatic heterocycles. The van der Waals surface area contributed by atoms with Crippen LogP contribution in [0.1, 0.15) is 0 Å². The van der Waals surface area contributed by atoms with Crippen LogP contribution in [0.4, 0.5) is 5.69 Å². The fourth-order valence-corrected chi connectivity index (χ4v) is 4.41. The Labute approximate surface area is 174 Å². The van der Waals surface area contributed by atoms with Crippen LogP contribution < -0.4 is 5.73 Å². The van der Waals surface area contributed by atoms with Gasteiger partial charge in [-0.25, -0.2) is 9.97 Å². The molecule has 5 heterocycles. The molecule has 0 atom stereocenters. The first-order chi connectivity index (χ1) is 14.8. The highest BCUT2D eigenvalue weighted by Gasteiger charge is 2.16. The summed E-state index contributed by atoms with van der Waals surface area (Å²) in [4.78, 5) is 18.0. The monoisotopic (exact) mass is 409 g/mol. The number of imidazole rings is 1. The molecular weight excluding hydrogens is 394 g/mol. The standard InChI is InChI=1S/C22H15N7S/c23-14-8-13(10-24-11-14)12-3-4-17-16(9-12)20(29-28-17)22-26-19-15(18-2-1-7-30-18)5-6-25-21(19)27-22/h1-11H,23H2,(H,28,29)(H,25,26,27). The Bertz CT molecular complexity index is 1510. The Morgan fingerprint density at radius 3 is 2.83 bits per heavy atom. The summed E-state index contributed by atoms with van der Waals surface area (Å²) >= 11 is 1.69. The van der Waals surface area contributed by atoms with E-state index in [1.807, 2.05) is 30.3 Å². The van der Waals surface area contributed by atoms with Crippen molar-refractivity contribution in [1.82, 2.24) is 30.1 Å². The van der Waals surface area contributed by atoms with Crippen LogP contribution in [0.2, 0.25) is 0 Å². The maximum absolute atomic E-state index is 5.90. The van der Waals surface area contributed by atoms with E-state index in [4.69, 9.17) is 10.7 Å². The first kappa shape index (κ1) is 16.9. The van der Waals surface area contributed by atoms with Gasteiger partial charge in [-0.15, -0.1) is 11.3 Å². The maximum Gasteiger partial charge on any atom is 0.178 e. The first-order valence-electron chi connectivity index (χ1n) is 9.34. The third-order valence-electron chi connectivity index (χ3n) is 5.06. The summed E-state index contributed by atoms with van der Waals surface area (Å²) in [5, 5.41) is 10.6. The van der Waals surface area contributed by atoms with Crippen molar-refractivity contribution in [3.63, 3.8) is 0 Å². The van der Waals surface area contributed by atoms with Crippen LogP contribution >= 0.6 is 11.3 Å². The molecule has 4 N–H and O–H groups in total. The Morgan fingerprint density at radius 1 is 1.00 bits per heavy atom. The molecule has 0 fully saturated rings. The summed E-state index contributed by atoms with van der Waals surface area (Å²) < 4.78 is 0. The van der Waals surface area contributed by atoms with Gasteiger partial charge in [0.05, 0.1) is 16.7 Å². The molecule has 1 aromatic carbocycles. The molecule has 0 aliphatic carbocycles. The highest BCUT2D eigenvalue weighted by molar-refractivity contribution is 7.13. The fourth-order valence-electron chi connectivity index (χ4n) is 3.65. The second kappa shape index (κ2) is 6.50. The number of hydrogen-bond donors (Lipinski definition) is 3. The zero-order valence-electron chi connectivity index (χ0n) is 15.6. The average molecular weight is 409 g/mol. The summed E-state index contributed by atoms with van der Waals surface area (Å²) in [6.45, 7) is 0. The molecule has 30 heavy (non-hydrogen) atoms. The summed E-state index contributed by atoms with van der Waals surface area (Å²) in [7, 11) is 0. The minimum absolute atomic E-state index is 0.629. The lowest BCUT2D eigenvalue weighted by molar-refractivity contribution is 1.10. The van der Waals surface area contributed by atoms with E-state index >= 15 is 0 Å². The van der Waals surface area contributed by atoms with Gasteiger partial charge in [-0.05, 0) is 41.3 Å². The van der Waals surface area contributed by atoms with Crippen molar-refractivity contribution in [2.75, 3.05) is 5.73 Å².